The molecule has 0 aliphatic carbocycles. The van der Waals surface area contributed by atoms with Gasteiger partial charge in [-0.2, -0.15) is 0 Å². The topological polar surface area (TPSA) is 72.7 Å². The van der Waals surface area contributed by atoms with Crippen LogP contribution in [-0.2, 0) is 4.79 Å². The third-order valence-corrected chi connectivity index (χ3v) is 2.15. The lowest BCUT2D eigenvalue weighted by Gasteiger charge is -2.05. The first-order chi connectivity index (χ1) is 8.65. The van der Waals surface area contributed by atoms with Crippen LogP contribution in [0.3, 0.4) is 0 Å². The van der Waals surface area contributed by atoms with Gasteiger partial charge in [0.25, 0.3) is 0 Å². The van der Waals surface area contributed by atoms with Crippen molar-refractivity contribution in [3.63, 3.8) is 0 Å². The molecule has 2 aromatic rings. The van der Waals surface area contributed by atoms with Crippen LogP contribution in [0.1, 0.15) is 13.8 Å². The molecule has 1 aromatic carbocycles. The summed E-state index contributed by atoms with van der Waals surface area (Å²) in [6.07, 6.45) is 3.04. The maximum atomic E-state index is 11.6. The molecule has 1 heterocycles. The number of benzene rings is 1. The molecule has 92 valence electrons. The minimum Gasteiger partial charge on any atom is -0.322 e. The van der Waals surface area contributed by atoms with Gasteiger partial charge in [0.1, 0.15) is 6.33 Å². The van der Waals surface area contributed by atoms with Crippen molar-refractivity contribution >= 4 is 11.6 Å². The fourth-order valence-corrected chi connectivity index (χ4v) is 1.45. The second-order valence-electron chi connectivity index (χ2n) is 4.02. The van der Waals surface area contributed by atoms with Crippen LogP contribution in [0.5, 0.6) is 0 Å². The van der Waals surface area contributed by atoms with Gasteiger partial charge in [-0.1, -0.05) is 11.6 Å². The average Bonchev–Trinajstić information content (AvgIpc) is 2.81. The van der Waals surface area contributed by atoms with Crippen LogP contribution in [0.2, 0.25) is 0 Å². The molecule has 18 heavy (non-hydrogen) atoms. The van der Waals surface area contributed by atoms with Gasteiger partial charge in [0.2, 0.25) is 5.91 Å². The Bertz CT molecular complexity index is 570. The Balaban J connectivity index is 2.18. The number of allylic oxidation sites excluding steroid dienone is 1. The standard InChI is InChI=1S/C12H13N5O/c1-9(2)6-12(18)14-10-4-3-5-11(7-10)17-8-13-15-16-17/h3-8H,1-2H3,(H,14,18). The van der Waals surface area contributed by atoms with Gasteiger partial charge >= 0.3 is 0 Å². The minimum absolute atomic E-state index is 0.149. The Morgan fingerprint density at radius 1 is 1.39 bits per heavy atom. The van der Waals surface area contributed by atoms with Crippen LogP contribution < -0.4 is 5.32 Å². The van der Waals surface area contributed by atoms with Gasteiger partial charge in [-0.25, -0.2) is 4.68 Å². The molecule has 6 heteroatoms. The highest BCUT2D eigenvalue weighted by atomic mass is 16.1. The van der Waals surface area contributed by atoms with Gasteiger partial charge in [-0.3, -0.25) is 4.79 Å². The second kappa shape index (κ2) is 5.22. The van der Waals surface area contributed by atoms with E-state index in [4.69, 9.17) is 0 Å². The Labute approximate surface area is 104 Å². The van der Waals surface area contributed by atoms with Gasteiger partial charge in [-0.05, 0) is 42.5 Å². The van der Waals surface area contributed by atoms with E-state index < -0.39 is 0 Å². The smallest absolute Gasteiger partial charge is 0.248 e. The van der Waals surface area contributed by atoms with Crippen LogP contribution in [0.25, 0.3) is 5.69 Å². The predicted molar refractivity (Wildman–Crippen MR) is 67.2 cm³/mol. The molecule has 0 fully saturated rings. The second-order valence-corrected chi connectivity index (χ2v) is 4.02. The van der Waals surface area contributed by atoms with Crippen molar-refractivity contribution in [1.29, 1.82) is 0 Å². The highest BCUT2D eigenvalue weighted by molar-refractivity contribution is 5.99. The Morgan fingerprint density at radius 2 is 2.22 bits per heavy atom. The number of nitrogens with one attached hydrogen (secondary N) is 1. The largest absolute Gasteiger partial charge is 0.322 e. The molecule has 0 saturated heterocycles. The van der Waals surface area contributed by atoms with Crippen molar-refractivity contribution in [1.82, 2.24) is 20.2 Å². The molecule has 0 saturated carbocycles. The molecule has 0 unspecified atom stereocenters. The van der Waals surface area contributed by atoms with E-state index in [9.17, 15) is 4.79 Å². The number of rotatable bonds is 3. The molecule has 6 nitrogen and oxygen atoms in total. The zero-order valence-electron chi connectivity index (χ0n) is 10.2. The number of hydrogen-bond donors (Lipinski definition) is 1. The molecule has 0 atom stereocenters. The van der Waals surface area contributed by atoms with Crippen LogP contribution in [0.4, 0.5) is 5.69 Å². The molecule has 2 rings (SSSR count). The summed E-state index contributed by atoms with van der Waals surface area (Å²) >= 11 is 0. The molecule has 0 bridgehead atoms. The molecule has 1 amide bonds. The quantitative estimate of drug-likeness (QED) is 0.830. The van der Waals surface area contributed by atoms with E-state index in [0.29, 0.717) is 5.69 Å². The van der Waals surface area contributed by atoms with E-state index >= 15 is 0 Å². The number of carbonyl (C=O) groups is 1. The summed E-state index contributed by atoms with van der Waals surface area (Å²) in [5.41, 5.74) is 2.43. The van der Waals surface area contributed by atoms with Crippen molar-refractivity contribution in [2.75, 3.05) is 5.32 Å². The molecule has 1 aromatic heterocycles. The number of nitrogens with zero attached hydrogens (tertiary/aromatic N) is 4. The first kappa shape index (κ1) is 12.0. The number of hydrogen-bond acceptors (Lipinski definition) is 4. The number of anilines is 1. The molecule has 0 radical (unpaired) electrons. The van der Waals surface area contributed by atoms with E-state index in [0.717, 1.165) is 11.3 Å². The average molecular weight is 243 g/mol. The van der Waals surface area contributed by atoms with E-state index in [1.54, 1.807) is 12.1 Å². The summed E-state index contributed by atoms with van der Waals surface area (Å²) < 4.78 is 1.52. The normalized spacial score (nSPS) is 9.89. The summed E-state index contributed by atoms with van der Waals surface area (Å²) in [5.74, 6) is -0.149. The number of amides is 1. The third-order valence-electron chi connectivity index (χ3n) is 2.15. The minimum atomic E-state index is -0.149. The Kier molecular flexibility index (Phi) is 3.47. The van der Waals surface area contributed by atoms with E-state index in [2.05, 4.69) is 20.8 Å². The van der Waals surface area contributed by atoms with Gasteiger partial charge in [0.05, 0.1) is 5.69 Å². The van der Waals surface area contributed by atoms with Crippen molar-refractivity contribution in [2.24, 2.45) is 0 Å². The zero-order valence-corrected chi connectivity index (χ0v) is 10.2. The Hall–Kier alpha value is -2.50. The van der Waals surface area contributed by atoms with Crippen molar-refractivity contribution in [2.45, 2.75) is 13.8 Å². The fraction of sp³-hybridized carbons (Fsp3) is 0.167. The van der Waals surface area contributed by atoms with Crippen molar-refractivity contribution < 1.29 is 4.79 Å². The summed E-state index contributed by atoms with van der Waals surface area (Å²) in [6.45, 7) is 3.74. The summed E-state index contributed by atoms with van der Waals surface area (Å²) in [6, 6.07) is 7.29. The van der Waals surface area contributed by atoms with E-state index in [-0.39, 0.29) is 5.91 Å². The lowest BCUT2D eigenvalue weighted by Crippen LogP contribution is -2.08. The van der Waals surface area contributed by atoms with E-state index in [1.165, 1.54) is 11.0 Å². The Morgan fingerprint density at radius 3 is 2.89 bits per heavy atom. The van der Waals surface area contributed by atoms with Crippen LogP contribution in [0, 0.1) is 0 Å². The lowest BCUT2D eigenvalue weighted by atomic mass is 10.2. The maximum Gasteiger partial charge on any atom is 0.248 e. The van der Waals surface area contributed by atoms with Crippen molar-refractivity contribution in [3.05, 3.63) is 42.2 Å². The molecular weight excluding hydrogens is 230 g/mol. The predicted octanol–water partition coefficient (Wildman–Crippen LogP) is 1.57. The monoisotopic (exact) mass is 243 g/mol. The van der Waals surface area contributed by atoms with Crippen LogP contribution in [-0.4, -0.2) is 26.1 Å². The zero-order chi connectivity index (χ0) is 13.0. The summed E-state index contributed by atoms with van der Waals surface area (Å²) in [5, 5.41) is 13.7. The molecule has 0 aliphatic rings. The highest BCUT2D eigenvalue weighted by Crippen LogP contribution is 2.13. The van der Waals surface area contributed by atoms with E-state index in [1.807, 2.05) is 32.0 Å². The molecule has 0 aliphatic heterocycles. The molecule has 0 spiro atoms. The summed E-state index contributed by atoms with van der Waals surface area (Å²) in [7, 11) is 0. The van der Waals surface area contributed by atoms with Gasteiger partial charge in [0, 0.05) is 11.8 Å². The van der Waals surface area contributed by atoms with Gasteiger partial charge < -0.3 is 5.32 Å². The third kappa shape index (κ3) is 3.00. The van der Waals surface area contributed by atoms with Crippen LogP contribution in [0.15, 0.2) is 42.2 Å². The number of tetrazole rings is 1. The van der Waals surface area contributed by atoms with Gasteiger partial charge in [-0.15, -0.1) is 5.10 Å². The number of aromatic nitrogens is 4. The SMILES string of the molecule is CC(C)=CC(=O)Nc1cccc(-n2cnnn2)c1. The first-order valence-corrected chi connectivity index (χ1v) is 5.44. The lowest BCUT2D eigenvalue weighted by molar-refractivity contribution is -0.111. The maximum absolute atomic E-state index is 11.6. The molecule has 1 N–H and O–H groups in total. The van der Waals surface area contributed by atoms with Gasteiger partial charge in [0.15, 0.2) is 0 Å². The molecular formula is C12H13N5O. The highest BCUT2D eigenvalue weighted by Gasteiger charge is 2.02. The summed E-state index contributed by atoms with van der Waals surface area (Å²) in [4.78, 5) is 11.6. The van der Waals surface area contributed by atoms with Crippen LogP contribution >= 0.6 is 0 Å². The van der Waals surface area contributed by atoms with Crippen molar-refractivity contribution in [3.8, 4) is 5.69 Å². The first-order valence-electron chi connectivity index (χ1n) is 5.44. The number of carbonyl (C=O) groups excluding carboxylic acids is 1. The fourth-order valence-electron chi connectivity index (χ4n) is 1.45.